The Kier molecular flexibility index (Phi) is 5.39. The quantitative estimate of drug-likeness (QED) is 0.433. The van der Waals surface area contributed by atoms with E-state index in [0.29, 0.717) is 6.61 Å². The SMILES string of the molecule is S=C(c1cn(CCOc2cccc3ccccc23)c2ccccc12)N1CCOCC1. The third kappa shape index (κ3) is 3.66. The van der Waals surface area contributed by atoms with E-state index in [0.717, 1.165) is 54.5 Å². The predicted molar refractivity (Wildman–Crippen MR) is 125 cm³/mol. The van der Waals surface area contributed by atoms with E-state index in [4.69, 9.17) is 21.7 Å². The van der Waals surface area contributed by atoms with Crippen molar-refractivity contribution in [2.24, 2.45) is 0 Å². The molecule has 30 heavy (non-hydrogen) atoms. The lowest BCUT2D eigenvalue weighted by molar-refractivity contribution is 0.0693. The number of hydrogen-bond acceptors (Lipinski definition) is 3. The monoisotopic (exact) mass is 416 g/mol. The largest absolute Gasteiger partial charge is 0.491 e. The Morgan fingerprint density at radius 3 is 2.50 bits per heavy atom. The van der Waals surface area contributed by atoms with Crippen molar-refractivity contribution in [2.75, 3.05) is 32.9 Å². The van der Waals surface area contributed by atoms with Crippen LogP contribution < -0.4 is 4.74 Å². The minimum atomic E-state index is 0.594. The number of ether oxygens (including phenoxy) is 2. The van der Waals surface area contributed by atoms with Crippen molar-refractivity contribution in [3.63, 3.8) is 0 Å². The lowest BCUT2D eigenvalue weighted by Gasteiger charge is -2.29. The summed E-state index contributed by atoms with van der Waals surface area (Å²) in [7, 11) is 0. The molecule has 4 nitrogen and oxygen atoms in total. The third-order valence-electron chi connectivity index (χ3n) is 5.66. The number of nitrogens with zero attached hydrogens (tertiary/aromatic N) is 2. The maximum absolute atomic E-state index is 6.18. The van der Waals surface area contributed by atoms with Gasteiger partial charge in [0.2, 0.25) is 0 Å². The molecule has 0 atom stereocenters. The molecule has 0 unspecified atom stereocenters. The normalized spacial score (nSPS) is 14.3. The van der Waals surface area contributed by atoms with Crippen molar-refractivity contribution in [3.8, 4) is 5.75 Å². The van der Waals surface area contributed by atoms with Gasteiger partial charge < -0.3 is 18.9 Å². The summed E-state index contributed by atoms with van der Waals surface area (Å²) in [5, 5.41) is 3.53. The van der Waals surface area contributed by atoms with Crippen LogP contribution in [0.2, 0.25) is 0 Å². The highest BCUT2D eigenvalue weighted by molar-refractivity contribution is 7.80. The van der Waals surface area contributed by atoms with Gasteiger partial charge in [-0.05, 0) is 17.5 Å². The van der Waals surface area contributed by atoms with Crippen molar-refractivity contribution in [2.45, 2.75) is 6.54 Å². The van der Waals surface area contributed by atoms with Crippen molar-refractivity contribution >= 4 is 38.9 Å². The summed E-state index contributed by atoms with van der Waals surface area (Å²) in [6.45, 7) is 4.52. The van der Waals surface area contributed by atoms with Crippen molar-refractivity contribution < 1.29 is 9.47 Å². The Balaban J connectivity index is 1.37. The zero-order chi connectivity index (χ0) is 20.3. The summed E-state index contributed by atoms with van der Waals surface area (Å²) in [5.74, 6) is 0.925. The first-order chi connectivity index (χ1) is 14.8. The van der Waals surface area contributed by atoms with Crippen LogP contribution in [-0.2, 0) is 11.3 Å². The second-order valence-electron chi connectivity index (χ2n) is 7.48. The summed E-state index contributed by atoms with van der Waals surface area (Å²) in [6.07, 6.45) is 2.18. The highest BCUT2D eigenvalue weighted by Crippen LogP contribution is 2.26. The lowest BCUT2D eigenvalue weighted by Crippen LogP contribution is -2.40. The first-order valence-electron chi connectivity index (χ1n) is 10.4. The van der Waals surface area contributed by atoms with Gasteiger partial charge in [-0.1, -0.05) is 66.8 Å². The summed E-state index contributed by atoms with van der Waals surface area (Å²) in [4.78, 5) is 3.15. The molecule has 1 aliphatic heterocycles. The molecular formula is C25H24N2O2S. The number of fused-ring (bicyclic) bond motifs is 2. The fourth-order valence-electron chi connectivity index (χ4n) is 4.11. The molecule has 1 saturated heterocycles. The van der Waals surface area contributed by atoms with E-state index in [-0.39, 0.29) is 0 Å². The molecule has 3 aromatic carbocycles. The van der Waals surface area contributed by atoms with Crippen molar-refractivity contribution in [1.29, 1.82) is 0 Å². The zero-order valence-corrected chi connectivity index (χ0v) is 17.6. The topological polar surface area (TPSA) is 26.6 Å². The molecule has 152 valence electrons. The molecule has 0 amide bonds. The molecule has 1 fully saturated rings. The third-order valence-corrected chi connectivity index (χ3v) is 6.13. The van der Waals surface area contributed by atoms with Crippen LogP contribution in [0.25, 0.3) is 21.7 Å². The summed E-state index contributed by atoms with van der Waals surface area (Å²) in [6, 6.07) is 23.0. The van der Waals surface area contributed by atoms with E-state index in [9.17, 15) is 0 Å². The van der Waals surface area contributed by atoms with Crippen LogP contribution in [0.15, 0.2) is 72.9 Å². The molecule has 0 N–H and O–H groups in total. The van der Waals surface area contributed by atoms with Gasteiger partial charge in [0.25, 0.3) is 0 Å². The second kappa shape index (κ2) is 8.46. The van der Waals surface area contributed by atoms with Gasteiger partial charge in [-0.25, -0.2) is 0 Å². The summed E-state index contributed by atoms with van der Waals surface area (Å²) < 4.78 is 13.9. The van der Waals surface area contributed by atoms with E-state index in [1.807, 2.05) is 18.2 Å². The lowest BCUT2D eigenvalue weighted by atomic mass is 10.1. The maximum Gasteiger partial charge on any atom is 0.127 e. The minimum absolute atomic E-state index is 0.594. The van der Waals surface area contributed by atoms with E-state index < -0.39 is 0 Å². The van der Waals surface area contributed by atoms with Gasteiger partial charge in [0.15, 0.2) is 0 Å². The Hall–Kier alpha value is -2.89. The van der Waals surface area contributed by atoms with Crippen LogP contribution in [0.1, 0.15) is 5.56 Å². The van der Waals surface area contributed by atoms with E-state index >= 15 is 0 Å². The van der Waals surface area contributed by atoms with Gasteiger partial charge in [-0.2, -0.15) is 0 Å². The predicted octanol–water partition coefficient (Wildman–Crippen LogP) is 4.88. The molecule has 1 aliphatic rings. The van der Waals surface area contributed by atoms with Gasteiger partial charge in [0.1, 0.15) is 17.3 Å². The van der Waals surface area contributed by atoms with Crippen LogP contribution in [0.5, 0.6) is 5.75 Å². The van der Waals surface area contributed by atoms with Gasteiger partial charge >= 0.3 is 0 Å². The first-order valence-corrected chi connectivity index (χ1v) is 10.8. The van der Waals surface area contributed by atoms with Gasteiger partial charge in [0.05, 0.1) is 19.8 Å². The van der Waals surface area contributed by atoms with Crippen LogP contribution in [0.4, 0.5) is 0 Å². The average Bonchev–Trinajstić information content (AvgIpc) is 3.18. The Labute approximate surface area is 181 Å². The molecule has 5 rings (SSSR count). The molecule has 1 aromatic heterocycles. The Morgan fingerprint density at radius 2 is 1.63 bits per heavy atom. The van der Waals surface area contributed by atoms with Crippen molar-refractivity contribution in [1.82, 2.24) is 9.47 Å². The van der Waals surface area contributed by atoms with Crippen LogP contribution in [0, 0.1) is 0 Å². The highest BCUT2D eigenvalue weighted by Gasteiger charge is 2.19. The number of morpholine rings is 1. The average molecular weight is 417 g/mol. The molecule has 4 aromatic rings. The zero-order valence-electron chi connectivity index (χ0n) is 16.8. The standard InChI is InChI=1S/C25H24N2O2S/c30-25(26-12-15-28-16-13-26)22-18-27(23-10-4-3-9-21(22)23)14-17-29-24-11-5-7-19-6-1-2-8-20(19)24/h1-11,18H,12-17H2. The van der Waals surface area contributed by atoms with E-state index in [2.05, 4.69) is 64.2 Å². The molecule has 5 heteroatoms. The second-order valence-corrected chi connectivity index (χ2v) is 7.87. The number of thiocarbonyl (C=S) groups is 1. The maximum atomic E-state index is 6.18. The molecule has 0 saturated carbocycles. The Bertz CT molecular complexity index is 1190. The van der Waals surface area contributed by atoms with Gasteiger partial charge in [-0.3, -0.25) is 0 Å². The molecule has 0 spiro atoms. The van der Waals surface area contributed by atoms with Gasteiger partial charge in [0, 0.05) is 41.1 Å². The number of benzene rings is 3. The number of aromatic nitrogens is 1. The fraction of sp³-hybridized carbons (Fsp3) is 0.240. The fourth-order valence-corrected chi connectivity index (χ4v) is 4.46. The molecule has 0 aliphatic carbocycles. The molecule has 2 heterocycles. The number of para-hydroxylation sites is 1. The van der Waals surface area contributed by atoms with Gasteiger partial charge in [-0.15, -0.1) is 0 Å². The molecular weight excluding hydrogens is 392 g/mol. The molecule has 0 radical (unpaired) electrons. The van der Waals surface area contributed by atoms with Crippen molar-refractivity contribution in [3.05, 3.63) is 78.5 Å². The van der Waals surface area contributed by atoms with Crippen LogP contribution in [0.3, 0.4) is 0 Å². The molecule has 0 bridgehead atoms. The highest BCUT2D eigenvalue weighted by atomic mass is 32.1. The number of hydrogen-bond donors (Lipinski definition) is 0. The Morgan fingerprint density at radius 1 is 0.900 bits per heavy atom. The first kappa shape index (κ1) is 19.1. The summed E-state index contributed by atoms with van der Waals surface area (Å²) in [5.41, 5.74) is 2.30. The van der Waals surface area contributed by atoms with E-state index in [1.54, 1.807) is 0 Å². The van der Waals surface area contributed by atoms with E-state index in [1.165, 1.54) is 16.3 Å². The van der Waals surface area contributed by atoms with Crippen LogP contribution in [-0.4, -0.2) is 47.4 Å². The number of rotatable bonds is 5. The minimum Gasteiger partial charge on any atom is -0.491 e. The van der Waals surface area contributed by atoms with Crippen LogP contribution >= 0.6 is 12.2 Å². The summed E-state index contributed by atoms with van der Waals surface area (Å²) >= 11 is 5.85. The smallest absolute Gasteiger partial charge is 0.127 e.